The standard InChI is InChI=1S/C17H12F3N5OS2/c1-25-15(17(18,19)20)23-24-16(25)28-9-13(26)11(7-21)14-22-12(8-27-14)10-5-3-2-4-6-10/h2-6,8,11H,9H2,1H3/t11-/m1/s1. The van der Waals surface area contributed by atoms with Gasteiger partial charge in [-0.25, -0.2) is 4.98 Å². The number of aromatic nitrogens is 4. The Bertz CT molecular complexity index is 1020. The number of hydrogen-bond acceptors (Lipinski definition) is 7. The number of Topliss-reactive ketones (excluding diaryl/α,β-unsaturated/α-hetero) is 1. The number of thioether (sulfide) groups is 1. The van der Waals surface area contributed by atoms with E-state index >= 15 is 0 Å². The smallest absolute Gasteiger partial charge is 0.302 e. The van der Waals surface area contributed by atoms with Gasteiger partial charge in [0.05, 0.1) is 17.5 Å². The van der Waals surface area contributed by atoms with Crippen LogP contribution in [0.1, 0.15) is 16.7 Å². The van der Waals surface area contributed by atoms with Crippen molar-refractivity contribution < 1.29 is 18.0 Å². The van der Waals surface area contributed by atoms with Crippen molar-refractivity contribution in [2.45, 2.75) is 17.3 Å². The quantitative estimate of drug-likeness (QED) is 0.559. The van der Waals surface area contributed by atoms with Crippen molar-refractivity contribution >= 4 is 28.9 Å². The molecule has 3 rings (SSSR count). The largest absolute Gasteiger partial charge is 0.451 e. The first-order chi connectivity index (χ1) is 13.3. The minimum atomic E-state index is -4.63. The Balaban J connectivity index is 1.71. The fourth-order valence-electron chi connectivity index (χ4n) is 2.33. The van der Waals surface area contributed by atoms with Gasteiger partial charge in [-0.3, -0.25) is 4.79 Å². The highest BCUT2D eigenvalue weighted by molar-refractivity contribution is 7.99. The molecule has 0 unspecified atom stereocenters. The van der Waals surface area contributed by atoms with Crippen LogP contribution in [0.3, 0.4) is 0 Å². The van der Waals surface area contributed by atoms with Crippen LogP contribution in [-0.2, 0) is 18.0 Å². The summed E-state index contributed by atoms with van der Waals surface area (Å²) in [6.07, 6.45) is -4.63. The predicted octanol–water partition coefficient (Wildman–Crippen LogP) is 3.93. The molecule has 0 aliphatic rings. The van der Waals surface area contributed by atoms with Crippen molar-refractivity contribution in [1.29, 1.82) is 5.26 Å². The minimum Gasteiger partial charge on any atom is -0.302 e. The molecule has 144 valence electrons. The van der Waals surface area contributed by atoms with Gasteiger partial charge in [-0.2, -0.15) is 18.4 Å². The molecule has 0 spiro atoms. The van der Waals surface area contributed by atoms with E-state index in [1.54, 1.807) is 5.38 Å². The van der Waals surface area contributed by atoms with Gasteiger partial charge in [0.25, 0.3) is 0 Å². The van der Waals surface area contributed by atoms with E-state index in [0.717, 1.165) is 21.9 Å². The predicted molar refractivity (Wildman–Crippen MR) is 97.6 cm³/mol. The maximum Gasteiger partial charge on any atom is 0.451 e. The molecule has 0 saturated carbocycles. The number of benzene rings is 1. The van der Waals surface area contributed by atoms with Crippen molar-refractivity contribution in [3.05, 3.63) is 46.5 Å². The summed E-state index contributed by atoms with van der Waals surface area (Å²) in [5, 5.41) is 18.0. The number of thiazole rings is 1. The van der Waals surface area contributed by atoms with Crippen LogP contribution in [0.5, 0.6) is 0 Å². The minimum absolute atomic E-state index is 0.0542. The second kappa shape index (κ2) is 8.12. The second-order valence-corrected chi connectivity index (χ2v) is 7.45. The van der Waals surface area contributed by atoms with Crippen LogP contribution in [-0.4, -0.2) is 31.3 Å². The lowest BCUT2D eigenvalue weighted by atomic mass is 10.1. The SMILES string of the molecule is Cn1c(SCC(=O)[C@@H](C#N)c2nc(-c3ccccc3)cs2)nnc1C(F)(F)F. The van der Waals surface area contributed by atoms with Crippen LogP contribution >= 0.6 is 23.1 Å². The Morgan fingerprint density at radius 1 is 1.32 bits per heavy atom. The first-order valence-electron chi connectivity index (χ1n) is 7.84. The number of nitrogens with zero attached hydrogens (tertiary/aromatic N) is 5. The molecule has 6 nitrogen and oxygen atoms in total. The normalized spacial score (nSPS) is 12.5. The summed E-state index contributed by atoms with van der Waals surface area (Å²) in [5.74, 6) is -2.92. The number of carbonyl (C=O) groups is 1. The van der Waals surface area contributed by atoms with Gasteiger partial charge in [0.15, 0.2) is 16.9 Å². The maximum atomic E-state index is 12.8. The summed E-state index contributed by atoms with van der Waals surface area (Å²) in [5.41, 5.74) is 1.52. The van der Waals surface area contributed by atoms with Crippen LogP contribution < -0.4 is 0 Å². The summed E-state index contributed by atoms with van der Waals surface area (Å²) >= 11 is 1.99. The summed E-state index contributed by atoms with van der Waals surface area (Å²) in [6, 6.07) is 11.2. The Kier molecular flexibility index (Phi) is 5.81. The molecule has 0 amide bonds. The summed E-state index contributed by atoms with van der Waals surface area (Å²) in [6.45, 7) is 0. The molecule has 1 aromatic carbocycles. The lowest BCUT2D eigenvalue weighted by molar-refractivity contribution is -0.147. The van der Waals surface area contributed by atoms with Crippen LogP contribution in [0, 0.1) is 11.3 Å². The molecule has 0 aliphatic carbocycles. The van der Waals surface area contributed by atoms with Gasteiger partial charge >= 0.3 is 6.18 Å². The molecule has 0 bridgehead atoms. The number of halogens is 3. The monoisotopic (exact) mass is 423 g/mol. The molecule has 0 fully saturated rings. The van der Waals surface area contributed by atoms with Gasteiger partial charge in [0.2, 0.25) is 5.82 Å². The highest BCUT2D eigenvalue weighted by Gasteiger charge is 2.37. The molecule has 11 heteroatoms. The van der Waals surface area contributed by atoms with Crippen molar-refractivity contribution in [2.24, 2.45) is 7.05 Å². The number of alkyl halides is 3. The number of nitriles is 1. The number of carbonyl (C=O) groups excluding carboxylic acids is 1. The van der Waals surface area contributed by atoms with Gasteiger partial charge in [-0.05, 0) is 0 Å². The van der Waals surface area contributed by atoms with E-state index in [-0.39, 0.29) is 10.9 Å². The topological polar surface area (TPSA) is 84.5 Å². The van der Waals surface area contributed by atoms with Crippen LogP contribution in [0.4, 0.5) is 13.2 Å². The van der Waals surface area contributed by atoms with Crippen LogP contribution in [0.2, 0.25) is 0 Å². The first kappa shape index (κ1) is 20.0. The molecule has 3 aromatic rings. The van der Waals surface area contributed by atoms with Gasteiger partial charge in [0.1, 0.15) is 5.01 Å². The lowest BCUT2D eigenvalue weighted by Crippen LogP contribution is -2.15. The fraction of sp³-hybridized carbons (Fsp3) is 0.235. The van der Waals surface area contributed by atoms with Gasteiger partial charge in [-0.15, -0.1) is 21.5 Å². The Labute approximate surface area is 166 Å². The highest BCUT2D eigenvalue weighted by atomic mass is 32.2. The van der Waals surface area contributed by atoms with Crippen LogP contribution in [0.15, 0.2) is 40.9 Å². The molecular weight excluding hydrogens is 411 g/mol. The number of ketones is 1. The molecular formula is C17H12F3N5OS2. The summed E-state index contributed by atoms with van der Waals surface area (Å²) < 4.78 is 39.0. The third-order valence-corrected chi connectivity index (χ3v) is 5.67. The molecule has 2 heterocycles. The zero-order chi connectivity index (χ0) is 20.3. The molecule has 0 aliphatic heterocycles. The van der Waals surface area contributed by atoms with E-state index in [0.29, 0.717) is 10.7 Å². The lowest BCUT2D eigenvalue weighted by Gasteiger charge is -2.07. The van der Waals surface area contributed by atoms with E-state index in [1.165, 1.54) is 18.4 Å². The molecule has 0 saturated heterocycles. The zero-order valence-electron chi connectivity index (χ0n) is 14.3. The van der Waals surface area contributed by atoms with Crippen molar-refractivity contribution in [2.75, 3.05) is 5.75 Å². The Hall–Kier alpha value is -2.71. The van der Waals surface area contributed by atoms with Gasteiger partial charge < -0.3 is 4.57 Å². The first-order valence-corrected chi connectivity index (χ1v) is 9.70. The number of rotatable bonds is 6. The fourth-order valence-corrected chi connectivity index (χ4v) is 4.04. The third kappa shape index (κ3) is 4.23. The van der Waals surface area contributed by atoms with E-state index in [4.69, 9.17) is 0 Å². The van der Waals surface area contributed by atoms with Crippen LogP contribution in [0.25, 0.3) is 11.3 Å². The zero-order valence-corrected chi connectivity index (χ0v) is 16.0. The number of hydrogen-bond donors (Lipinski definition) is 0. The summed E-state index contributed by atoms with van der Waals surface area (Å²) in [4.78, 5) is 16.8. The van der Waals surface area contributed by atoms with Gasteiger partial charge in [-0.1, -0.05) is 42.1 Å². The van der Waals surface area contributed by atoms with E-state index in [9.17, 15) is 23.2 Å². The Morgan fingerprint density at radius 2 is 2.04 bits per heavy atom. The second-order valence-electron chi connectivity index (χ2n) is 5.62. The van der Waals surface area contributed by atoms with E-state index in [1.807, 2.05) is 36.4 Å². The van der Waals surface area contributed by atoms with E-state index < -0.39 is 23.7 Å². The van der Waals surface area contributed by atoms with Crippen molar-refractivity contribution in [3.8, 4) is 17.3 Å². The molecule has 0 radical (unpaired) electrons. The molecule has 28 heavy (non-hydrogen) atoms. The maximum absolute atomic E-state index is 12.8. The highest BCUT2D eigenvalue weighted by Crippen LogP contribution is 2.31. The molecule has 2 aromatic heterocycles. The average molecular weight is 423 g/mol. The third-order valence-electron chi connectivity index (χ3n) is 3.72. The van der Waals surface area contributed by atoms with Crippen molar-refractivity contribution in [1.82, 2.24) is 19.7 Å². The molecule has 0 N–H and O–H groups in total. The van der Waals surface area contributed by atoms with Gasteiger partial charge in [0, 0.05) is 18.0 Å². The van der Waals surface area contributed by atoms with Crippen molar-refractivity contribution in [3.63, 3.8) is 0 Å². The Morgan fingerprint density at radius 3 is 2.64 bits per heavy atom. The molecule has 1 atom stereocenters. The summed E-state index contributed by atoms with van der Waals surface area (Å²) in [7, 11) is 1.17. The average Bonchev–Trinajstić information content (AvgIpc) is 3.28. The van der Waals surface area contributed by atoms with E-state index in [2.05, 4.69) is 15.2 Å².